The van der Waals surface area contributed by atoms with E-state index < -0.39 is 10.0 Å². The van der Waals surface area contributed by atoms with Crippen LogP contribution >= 0.6 is 0 Å². The minimum atomic E-state index is -3.77. The summed E-state index contributed by atoms with van der Waals surface area (Å²) in [4.78, 5) is 16.5. The average molecular weight is 521 g/mol. The highest BCUT2D eigenvalue weighted by atomic mass is 32.2. The van der Waals surface area contributed by atoms with Crippen LogP contribution in [0.2, 0.25) is 0 Å². The lowest BCUT2D eigenvalue weighted by molar-refractivity contribution is -0.111. The van der Waals surface area contributed by atoms with E-state index in [0.717, 1.165) is 24.0 Å². The van der Waals surface area contributed by atoms with Crippen molar-refractivity contribution in [3.63, 3.8) is 0 Å². The number of nitrogens with two attached hydrogens (primary N) is 1. The lowest BCUT2D eigenvalue weighted by Crippen LogP contribution is -2.25. The van der Waals surface area contributed by atoms with Gasteiger partial charge in [0.05, 0.1) is 17.3 Å². The van der Waals surface area contributed by atoms with Gasteiger partial charge in [-0.25, -0.2) is 18.5 Å². The van der Waals surface area contributed by atoms with E-state index in [1.54, 1.807) is 0 Å². The highest BCUT2D eigenvalue weighted by Crippen LogP contribution is 2.45. The van der Waals surface area contributed by atoms with Gasteiger partial charge in [0.2, 0.25) is 15.9 Å². The van der Waals surface area contributed by atoms with Gasteiger partial charge in [0, 0.05) is 24.2 Å². The predicted octanol–water partition coefficient (Wildman–Crippen LogP) is 5.85. The molecule has 1 heterocycles. The van der Waals surface area contributed by atoms with E-state index in [2.05, 4.69) is 54.7 Å². The number of nitrogens with zero attached hydrogens (tertiary/aromatic N) is 2. The van der Waals surface area contributed by atoms with Gasteiger partial charge in [-0.1, -0.05) is 49.8 Å². The number of benzene rings is 1. The lowest BCUT2D eigenvalue weighted by Gasteiger charge is -2.37. The largest absolute Gasteiger partial charge is 0.330 e. The molecule has 1 aliphatic rings. The van der Waals surface area contributed by atoms with Crippen molar-refractivity contribution in [3.05, 3.63) is 102 Å². The van der Waals surface area contributed by atoms with Crippen molar-refractivity contribution in [3.8, 4) is 0 Å². The van der Waals surface area contributed by atoms with Crippen LogP contribution in [0, 0.1) is 5.41 Å². The summed E-state index contributed by atoms with van der Waals surface area (Å²) in [5.74, 6) is -0.305. The molecule has 3 rings (SSSR count). The molecule has 7 nitrogen and oxygen atoms in total. The van der Waals surface area contributed by atoms with Crippen LogP contribution in [0.3, 0.4) is 0 Å². The Morgan fingerprint density at radius 2 is 1.86 bits per heavy atom. The molecule has 1 aliphatic carbocycles. The maximum Gasteiger partial charge on any atom is 0.248 e. The van der Waals surface area contributed by atoms with E-state index in [1.807, 2.05) is 43.9 Å². The highest BCUT2D eigenvalue weighted by molar-refractivity contribution is 7.89. The molecule has 3 N–H and O–H groups in total. The van der Waals surface area contributed by atoms with Gasteiger partial charge in [-0.3, -0.25) is 4.79 Å². The summed E-state index contributed by atoms with van der Waals surface area (Å²) in [5, 5.41) is 7.80. The molecule has 1 atom stereocenters. The lowest BCUT2D eigenvalue weighted by atomic mass is 9.71. The SMILES string of the molecule is CC1=C(/C=C/C(C)=C/C=C/C(C)=C\C(=O)Nc2ccc(S(N)(=O)=O)cc2)C(C)(C)CCC1n1ccnc1. The van der Waals surface area contributed by atoms with Crippen molar-refractivity contribution >= 4 is 21.6 Å². The van der Waals surface area contributed by atoms with Gasteiger partial charge in [0.1, 0.15) is 0 Å². The third kappa shape index (κ3) is 7.74. The Morgan fingerprint density at radius 1 is 1.16 bits per heavy atom. The second-order valence-corrected chi connectivity index (χ2v) is 11.7. The van der Waals surface area contributed by atoms with Crippen LogP contribution in [0.1, 0.15) is 53.5 Å². The van der Waals surface area contributed by atoms with Crippen LogP contribution in [-0.2, 0) is 14.8 Å². The Morgan fingerprint density at radius 3 is 2.49 bits per heavy atom. The Kier molecular flexibility index (Phi) is 8.89. The number of anilines is 1. The van der Waals surface area contributed by atoms with Crippen LogP contribution in [0.15, 0.2) is 107 Å². The van der Waals surface area contributed by atoms with Gasteiger partial charge in [0.25, 0.3) is 0 Å². The predicted molar refractivity (Wildman–Crippen MR) is 149 cm³/mol. The van der Waals surface area contributed by atoms with Crippen molar-refractivity contribution in [1.29, 1.82) is 0 Å². The van der Waals surface area contributed by atoms with E-state index >= 15 is 0 Å². The molecule has 0 saturated carbocycles. The molecule has 1 aromatic heterocycles. The standard InChI is InChI=1S/C29H36N4O3S/c1-21(9-14-26-23(3)27(15-16-29(26,4)5)33-18-17-31-20-33)7-6-8-22(2)19-28(34)32-24-10-12-25(13-11-24)37(30,35)36/h6-14,17-20,27H,15-16H2,1-5H3,(H,32,34)(H2,30,35,36)/b8-6+,14-9+,21-7+,22-19-. The summed E-state index contributed by atoms with van der Waals surface area (Å²) in [6, 6.07) is 6.04. The minimum Gasteiger partial charge on any atom is -0.330 e. The highest BCUT2D eigenvalue weighted by Gasteiger charge is 2.32. The zero-order valence-corrected chi connectivity index (χ0v) is 22.9. The van der Waals surface area contributed by atoms with Crippen molar-refractivity contribution in [1.82, 2.24) is 9.55 Å². The minimum absolute atomic E-state index is 0.00659. The Balaban J connectivity index is 1.64. The molecular formula is C29H36N4O3S. The number of nitrogens with one attached hydrogen (secondary N) is 1. The molecule has 1 amide bonds. The molecule has 0 aliphatic heterocycles. The molecule has 0 fully saturated rings. The summed E-state index contributed by atoms with van der Waals surface area (Å²) < 4.78 is 24.9. The van der Waals surface area contributed by atoms with Gasteiger partial charge < -0.3 is 9.88 Å². The number of hydrogen-bond acceptors (Lipinski definition) is 4. The maximum absolute atomic E-state index is 12.3. The van der Waals surface area contributed by atoms with E-state index in [-0.39, 0.29) is 16.2 Å². The number of sulfonamides is 1. The number of primary sulfonamides is 1. The van der Waals surface area contributed by atoms with Crippen molar-refractivity contribution < 1.29 is 13.2 Å². The van der Waals surface area contributed by atoms with Crippen molar-refractivity contribution in [2.45, 2.75) is 58.4 Å². The Hall–Kier alpha value is -3.49. The first-order chi connectivity index (χ1) is 17.4. The molecule has 2 aromatic rings. The normalized spacial score (nSPS) is 19.1. The molecule has 0 bridgehead atoms. The first-order valence-electron chi connectivity index (χ1n) is 12.2. The number of aromatic nitrogens is 2. The number of imidazole rings is 1. The van der Waals surface area contributed by atoms with Gasteiger partial charge in [0.15, 0.2) is 0 Å². The van der Waals surface area contributed by atoms with Crippen LogP contribution in [0.5, 0.6) is 0 Å². The molecule has 1 unspecified atom stereocenters. The number of rotatable bonds is 8. The number of carbonyl (C=O) groups is 1. The quantitative estimate of drug-likeness (QED) is 0.336. The second kappa shape index (κ2) is 11.7. The molecular weight excluding hydrogens is 484 g/mol. The molecule has 1 aromatic carbocycles. The van der Waals surface area contributed by atoms with E-state index in [0.29, 0.717) is 11.7 Å². The van der Waals surface area contributed by atoms with Crippen LogP contribution < -0.4 is 10.5 Å². The van der Waals surface area contributed by atoms with Crippen LogP contribution in [0.4, 0.5) is 5.69 Å². The van der Waals surface area contributed by atoms with E-state index in [4.69, 9.17) is 5.14 Å². The number of allylic oxidation sites excluding steroid dienone is 9. The number of hydrogen-bond donors (Lipinski definition) is 2. The molecule has 0 saturated heterocycles. The third-order valence-electron chi connectivity index (χ3n) is 6.62. The first kappa shape index (κ1) is 28.1. The summed E-state index contributed by atoms with van der Waals surface area (Å²) in [7, 11) is -3.77. The number of amides is 1. The summed E-state index contributed by atoms with van der Waals surface area (Å²) in [6.07, 6.45) is 19.6. The van der Waals surface area contributed by atoms with Gasteiger partial charge in [-0.2, -0.15) is 0 Å². The fourth-order valence-electron chi connectivity index (χ4n) is 4.53. The summed E-state index contributed by atoms with van der Waals surface area (Å²) >= 11 is 0. The van der Waals surface area contributed by atoms with Gasteiger partial charge in [-0.05, 0) is 80.0 Å². The smallest absolute Gasteiger partial charge is 0.248 e. The molecule has 196 valence electrons. The topological polar surface area (TPSA) is 107 Å². The molecule has 37 heavy (non-hydrogen) atoms. The molecule has 8 heteroatoms. The van der Waals surface area contributed by atoms with Crippen LogP contribution in [0.25, 0.3) is 0 Å². The molecule has 0 spiro atoms. The van der Waals surface area contributed by atoms with Gasteiger partial charge in [-0.15, -0.1) is 0 Å². The van der Waals surface area contributed by atoms with Gasteiger partial charge >= 0.3 is 0 Å². The zero-order valence-electron chi connectivity index (χ0n) is 22.1. The zero-order chi connectivity index (χ0) is 27.2. The fraction of sp³-hybridized carbons (Fsp3) is 0.310. The average Bonchev–Trinajstić information content (AvgIpc) is 3.33. The third-order valence-corrected chi connectivity index (χ3v) is 7.55. The van der Waals surface area contributed by atoms with Crippen molar-refractivity contribution in [2.75, 3.05) is 5.32 Å². The molecule has 0 radical (unpaired) electrons. The van der Waals surface area contributed by atoms with Crippen LogP contribution in [-0.4, -0.2) is 23.9 Å². The number of carbonyl (C=O) groups excluding carboxylic acids is 1. The second-order valence-electron chi connectivity index (χ2n) is 10.1. The Bertz CT molecular complexity index is 1370. The Labute approximate surface area is 220 Å². The van der Waals surface area contributed by atoms with E-state index in [9.17, 15) is 13.2 Å². The summed E-state index contributed by atoms with van der Waals surface area (Å²) in [5.41, 5.74) is 5.21. The van der Waals surface area contributed by atoms with Crippen molar-refractivity contribution in [2.24, 2.45) is 10.6 Å². The monoisotopic (exact) mass is 520 g/mol. The maximum atomic E-state index is 12.3. The fourth-order valence-corrected chi connectivity index (χ4v) is 5.04. The summed E-state index contributed by atoms with van der Waals surface area (Å²) in [6.45, 7) is 10.7. The first-order valence-corrected chi connectivity index (χ1v) is 13.8. The van der Waals surface area contributed by atoms with E-state index in [1.165, 1.54) is 41.5 Å².